The van der Waals surface area contributed by atoms with Crippen LogP contribution in [0.4, 0.5) is 0 Å². The van der Waals surface area contributed by atoms with E-state index >= 15 is 0 Å². The molecule has 2 atom stereocenters. The highest BCUT2D eigenvalue weighted by molar-refractivity contribution is 14.0. The number of morpholine rings is 1. The SMILES string of the molecule is CN=C(NCC(c1cccs1)N1CCOCC1)NC1CCS(=O)(=O)C1.I. The standard InChI is InChI=1S/C16H26N4O3S2.HI/c1-17-16(19-13-4-10-25(21,22)12-13)18-11-14(15-3-2-9-24-15)20-5-7-23-8-6-20;/h2-3,9,13-14H,4-8,10-12H2,1H3,(H2,17,18,19);1H. The molecule has 2 saturated heterocycles. The fraction of sp³-hybridized carbons (Fsp3) is 0.688. The number of thiophene rings is 1. The first-order valence-electron chi connectivity index (χ1n) is 8.60. The quantitative estimate of drug-likeness (QED) is 0.348. The lowest BCUT2D eigenvalue weighted by molar-refractivity contribution is 0.0177. The molecule has 148 valence electrons. The van der Waals surface area contributed by atoms with Crippen molar-refractivity contribution in [2.75, 3.05) is 51.4 Å². The van der Waals surface area contributed by atoms with Crippen LogP contribution in [0.3, 0.4) is 0 Å². The number of guanidine groups is 1. The molecule has 0 radical (unpaired) electrons. The second-order valence-corrected chi connectivity index (χ2v) is 9.58. The minimum atomic E-state index is -2.90. The van der Waals surface area contributed by atoms with Crippen LogP contribution in [-0.2, 0) is 14.6 Å². The van der Waals surface area contributed by atoms with E-state index in [1.54, 1.807) is 18.4 Å². The van der Waals surface area contributed by atoms with Gasteiger partial charge in [0.2, 0.25) is 0 Å². The van der Waals surface area contributed by atoms with Gasteiger partial charge in [-0.1, -0.05) is 6.07 Å². The normalized spacial score (nSPS) is 24.7. The van der Waals surface area contributed by atoms with Crippen LogP contribution in [0.15, 0.2) is 22.5 Å². The Morgan fingerprint density at radius 1 is 1.46 bits per heavy atom. The molecule has 0 aliphatic carbocycles. The average molecular weight is 514 g/mol. The third-order valence-corrected chi connectivity index (χ3v) is 7.36. The highest BCUT2D eigenvalue weighted by Gasteiger charge is 2.29. The van der Waals surface area contributed by atoms with Gasteiger partial charge >= 0.3 is 0 Å². The predicted octanol–water partition coefficient (Wildman–Crippen LogP) is 1.09. The highest BCUT2D eigenvalue weighted by Crippen LogP contribution is 2.25. The molecule has 1 aromatic rings. The van der Waals surface area contributed by atoms with Crippen molar-refractivity contribution in [1.82, 2.24) is 15.5 Å². The van der Waals surface area contributed by atoms with Gasteiger partial charge in [0.1, 0.15) is 0 Å². The van der Waals surface area contributed by atoms with E-state index < -0.39 is 9.84 Å². The Hall–Kier alpha value is -0.430. The molecule has 2 aliphatic heterocycles. The van der Waals surface area contributed by atoms with Crippen LogP contribution in [0.5, 0.6) is 0 Å². The summed E-state index contributed by atoms with van der Waals surface area (Å²) in [6.45, 7) is 4.07. The van der Waals surface area contributed by atoms with Gasteiger partial charge < -0.3 is 15.4 Å². The maximum Gasteiger partial charge on any atom is 0.191 e. The summed E-state index contributed by atoms with van der Waals surface area (Å²) in [6.07, 6.45) is 0.640. The van der Waals surface area contributed by atoms with Gasteiger partial charge in [0.15, 0.2) is 15.8 Å². The molecular formula is C16H27IN4O3S2. The lowest BCUT2D eigenvalue weighted by atomic mass is 10.2. The summed E-state index contributed by atoms with van der Waals surface area (Å²) in [7, 11) is -1.18. The Kier molecular flexibility index (Phi) is 8.58. The van der Waals surface area contributed by atoms with E-state index in [1.807, 2.05) is 0 Å². The van der Waals surface area contributed by atoms with Crippen LogP contribution in [0.2, 0.25) is 0 Å². The van der Waals surface area contributed by atoms with Crippen molar-refractivity contribution in [3.05, 3.63) is 22.4 Å². The minimum Gasteiger partial charge on any atom is -0.379 e. The predicted molar refractivity (Wildman–Crippen MR) is 116 cm³/mol. The number of nitrogens with one attached hydrogen (secondary N) is 2. The van der Waals surface area contributed by atoms with E-state index in [4.69, 9.17) is 4.74 Å². The van der Waals surface area contributed by atoms with Crippen LogP contribution in [-0.4, -0.2) is 76.7 Å². The third kappa shape index (κ3) is 6.04. The zero-order valence-corrected chi connectivity index (χ0v) is 18.9. The van der Waals surface area contributed by atoms with Crippen molar-refractivity contribution >= 4 is 51.1 Å². The van der Waals surface area contributed by atoms with Gasteiger partial charge in [-0.25, -0.2) is 8.42 Å². The maximum atomic E-state index is 11.6. The van der Waals surface area contributed by atoms with Gasteiger partial charge in [-0.05, 0) is 17.9 Å². The van der Waals surface area contributed by atoms with Crippen molar-refractivity contribution < 1.29 is 13.2 Å². The number of ether oxygens (including phenoxy) is 1. The molecule has 2 aliphatic rings. The fourth-order valence-electron chi connectivity index (χ4n) is 3.27. The Labute approximate surface area is 176 Å². The molecule has 3 rings (SSSR count). The molecule has 2 unspecified atom stereocenters. The molecule has 10 heteroatoms. The summed E-state index contributed by atoms with van der Waals surface area (Å²) in [5.41, 5.74) is 0. The maximum absolute atomic E-state index is 11.6. The van der Waals surface area contributed by atoms with Crippen LogP contribution in [0, 0.1) is 0 Å². The van der Waals surface area contributed by atoms with E-state index in [9.17, 15) is 8.42 Å². The molecule has 1 aromatic heterocycles. The Morgan fingerprint density at radius 2 is 2.23 bits per heavy atom. The van der Waals surface area contributed by atoms with E-state index in [-0.39, 0.29) is 47.6 Å². The molecule has 0 amide bonds. The fourth-order valence-corrected chi connectivity index (χ4v) is 5.80. The third-order valence-electron chi connectivity index (χ3n) is 4.62. The monoisotopic (exact) mass is 514 g/mol. The molecule has 26 heavy (non-hydrogen) atoms. The Balaban J connectivity index is 0.00000243. The largest absolute Gasteiger partial charge is 0.379 e. The first kappa shape index (κ1) is 21.9. The van der Waals surface area contributed by atoms with E-state index in [0.29, 0.717) is 12.4 Å². The number of hydrogen-bond acceptors (Lipinski definition) is 6. The number of rotatable bonds is 5. The lowest BCUT2D eigenvalue weighted by Gasteiger charge is -2.34. The van der Waals surface area contributed by atoms with Crippen molar-refractivity contribution in [3.8, 4) is 0 Å². The summed E-state index contributed by atoms with van der Waals surface area (Å²) >= 11 is 1.75. The molecule has 0 saturated carbocycles. The molecule has 0 aromatic carbocycles. The number of hydrogen-bond donors (Lipinski definition) is 2. The zero-order chi connectivity index (χ0) is 17.7. The second kappa shape index (κ2) is 10.2. The van der Waals surface area contributed by atoms with Crippen LogP contribution >= 0.6 is 35.3 Å². The molecule has 2 N–H and O–H groups in total. The second-order valence-electron chi connectivity index (χ2n) is 6.38. The van der Waals surface area contributed by atoms with Crippen LogP contribution < -0.4 is 10.6 Å². The van der Waals surface area contributed by atoms with Crippen molar-refractivity contribution in [1.29, 1.82) is 0 Å². The number of aliphatic imine (C=N–C) groups is 1. The van der Waals surface area contributed by atoms with E-state index in [0.717, 1.165) is 32.8 Å². The minimum absolute atomic E-state index is 0. The highest BCUT2D eigenvalue weighted by atomic mass is 127. The summed E-state index contributed by atoms with van der Waals surface area (Å²) in [5.74, 6) is 1.11. The van der Waals surface area contributed by atoms with Gasteiger partial charge in [0, 0.05) is 37.6 Å². The molecule has 2 fully saturated rings. The first-order valence-corrected chi connectivity index (χ1v) is 11.3. The summed E-state index contributed by atoms with van der Waals surface area (Å²) in [5, 5.41) is 8.72. The number of nitrogens with zero attached hydrogens (tertiary/aromatic N) is 2. The van der Waals surface area contributed by atoms with Gasteiger partial charge in [0.05, 0.1) is 30.8 Å². The molecule has 7 nitrogen and oxygen atoms in total. The number of halogens is 1. The number of sulfone groups is 1. The smallest absolute Gasteiger partial charge is 0.191 e. The average Bonchev–Trinajstić information content (AvgIpc) is 3.25. The van der Waals surface area contributed by atoms with E-state index in [2.05, 4.69) is 38.0 Å². The van der Waals surface area contributed by atoms with Crippen LogP contribution in [0.1, 0.15) is 17.3 Å². The summed E-state index contributed by atoms with van der Waals surface area (Å²) < 4.78 is 28.7. The van der Waals surface area contributed by atoms with Crippen LogP contribution in [0.25, 0.3) is 0 Å². The van der Waals surface area contributed by atoms with Crippen molar-refractivity contribution in [3.63, 3.8) is 0 Å². The summed E-state index contributed by atoms with van der Waals surface area (Å²) in [4.78, 5) is 8.00. The molecule has 3 heterocycles. The Bertz CT molecular complexity index is 676. The van der Waals surface area contributed by atoms with Gasteiger partial charge in [0.25, 0.3) is 0 Å². The van der Waals surface area contributed by atoms with Gasteiger partial charge in [-0.15, -0.1) is 35.3 Å². The van der Waals surface area contributed by atoms with Crippen molar-refractivity contribution in [2.24, 2.45) is 4.99 Å². The first-order chi connectivity index (χ1) is 12.1. The molecule has 0 spiro atoms. The lowest BCUT2D eigenvalue weighted by Crippen LogP contribution is -2.48. The van der Waals surface area contributed by atoms with Gasteiger partial charge in [-0.3, -0.25) is 9.89 Å². The molecule has 0 bridgehead atoms. The molecular weight excluding hydrogens is 487 g/mol. The van der Waals surface area contributed by atoms with E-state index in [1.165, 1.54) is 4.88 Å². The van der Waals surface area contributed by atoms with Crippen molar-refractivity contribution in [2.45, 2.75) is 18.5 Å². The Morgan fingerprint density at radius 3 is 2.81 bits per heavy atom. The zero-order valence-electron chi connectivity index (χ0n) is 14.9. The topological polar surface area (TPSA) is 83.0 Å². The van der Waals surface area contributed by atoms with Gasteiger partial charge in [-0.2, -0.15) is 0 Å². The summed E-state index contributed by atoms with van der Waals surface area (Å²) in [6, 6.07) is 4.44.